The lowest BCUT2D eigenvalue weighted by Crippen LogP contribution is -2.05. The fourth-order valence-electron chi connectivity index (χ4n) is 1.73. The van der Waals surface area contributed by atoms with Gasteiger partial charge in [-0.05, 0) is 12.5 Å². The maximum Gasteiger partial charge on any atom is 0.127 e. The summed E-state index contributed by atoms with van der Waals surface area (Å²) in [6, 6.07) is 8.17. The van der Waals surface area contributed by atoms with Crippen molar-refractivity contribution in [2.75, 3.05) is 0 Å². The lowest BCUT2D eigenvalue weighted by Gasteiger charge is -2.05. The van der Waals surface area contributed by atoms with Gasteiger partial charge in [-0.2, -0.15) is 5.26 Å². The van der Waals surface area contributed by atoms with E-state index in [9.17, 15) is 0 Å². The third-order valence-electron chi connectivity index (χ3n) is 2.27. The quantitative estimate of drug-likeness (QED) is 0.651. The molecule has 0 aromatic heterocycles. The summed E-state index contributed by atoms with van der Waals surface area (Å²) in [5.41, 5.74) is 2.25. The maximum absolute atomic E-state index is 8.61. The van der Waals surface area contributed by atoms with Crippen molar-refractivity contribution >= 4 is 0 Å². The van der Waals surface area contributed by atoms with Gasteiger partial charge in [0.15, 0.2) is 0 Å². The summed E-state index contributed by atoms with van der Waals surface area (Å²) in [4.78, 5) is 0. The Bertz CT molecular complexity index is 365. The first-order chi connectivity index (χ1) is 6.31. The van der Waals surface area contributed by atoms with E-state index >= 15 is 0 Å². The van der Waals surface area contributed by atoms with Crippen molar-refractivity contribution in [3.05, 3.63) is 29.3 Å². The zero-order valence-electron chi connectivity index (χ0n) is 7.58. The summed E-state index contributed by atoms with van der Waals surface area (Å²) in [7, 11) is 0. The molecule has 1 atom stereocenters. The second kappa shape index (κ2) is 3.10. The Hall–Kier alpha value is -1.49. The van der Waals surface area contributed by atoms with E-state index in [0.29, 0.717) is 6.42 Å². The zero-order chi connectivity index (χ0) is 9.26. The minimum atomic E-state index is 0.259. The number of hydrogen-bond acceptors (Lipinski definition) is 2. The molecule has 2 heteroatoms. The Balaban J connectivity index is 2.40. The summed E-state index contributed by atoms with van der Waals surface area (Å²) in [6.07, 6.45) is 1.67. The highest BCUT2D eigenvalue weighted by molar-refractivity contribution is 5.45. The van der Waals surface area contributed by atoms with Gasteiger partial charge >= 0.3 is 0 Å². The highest BCUT2D eigenvalue weighted by atomic mass is 16.5. The molecule has 13 heavy (non-hydrogen) atoms. The van der Waals surface area contributed by atoms with E-state index in [2.05, 4.69) is 19.1 Å². The number of rotatable bonds is 1. The predicted octanol–water partition coefficient (Wildman–Crippen LogP) is 2.08. The molecule has 66 valence electrons. The van der Waals surface area contributed by atoms with Gasteiger partial charge in [-0.1, -0.05) is 18.2 Å². The van der Waals surface area contributed by atoms with Crippen molar-refractivity contribution in [2.24, 2.45) is 0 Å². The molecule has 1 heterocycles. The summed E-state index contributed by atoms with van der Waals surface area (Å²) in [5, 5.41) is 8.61. The van der Waals surface area contributed by atoms with Gasteiger partial charge in [0.2, 0.25) is 0 Å². The molecular formula is C11H11NO. The van der Waals surface area contributed by atoms with E-state index in [1.54, 1.807) is 0 Å². The number of hydrogen-bond donors (Lipinski definition) is 0. The summed E-state index contributed by atoms with van der Waals surface area (Å²) in [6.45, 7) is 2.05. The SMILES string of the molecule is CC1Cc2cccc(CC#N)c2O1. The first-order valence-corrected chi connectivity index (χ1v) is 4.45. The maximum atomic E-state index is 8.61. The molecule has 0 bridgehead atoms. The molecule has 0 fully saturated rings. The number of nitrogens with zero attached hydrogens (tertiary/aromatic N) is 1. The van der Waals surface area contributed by atoms with Gasteiger partial charge in [-0.15, -0.1) is 0 Å². The topological polar surface area (TPSA) is 33.0 Å². The molecule has 0 N–H and O–H groups in total. The number of benzene rings is 1. The number of nitriles is 1. The summed E-state index contributed by atoms with van der Waals surface area (Å²) in [5.74, 6) is 0.941. The number of ether oxygens (including phenoxy) is 1. The molecular weight excluding hydrogens is 162 g/mol. The molecule has 0 spiro atoms. The van der Waals surface area contributed by atoms with Crippen molar-refractivity contribution in [2.45, 2.75) is 25.9 Å². The second-order valence-corrected chi connectivity index (χ2v) is 3.37. The third kappa shape index (κ3) is 1.38. The normalized spacial score (nSPS) is 18.9. The van der Waals surface area contributed by atoms with Crippen LogP contribution in [0.15, 0.2) is 18.2 Å². The van der Waals surface area contributed by atoms with Crippen LogP contribution in [0.1, 0.15) is 18.1 Å². The Kier molecular flexibility index (Phi) is 1.94. The minimum Gasteiger partial charge on any atom is -0.490 e. The average Bonchev–Trinajstić information content (AvgIpc) is 2.47. The van der Waals surface area contributed by atoms with Crippen LogP contribution in [0, 0.1) is 11.3 Å². The van der Waals surface area contributed by atoms with Gasteiger partial charge in [0.25, 0.3) is 0 Å². The summed E-state index contributed by atoms with van der Waals surface area (Å²) >= 11 is 0. The van der Waals surface area contributed by atoms with Gasteiger partial charge < -0.3 is 4.74 Å². The van der Waals surface area contributed by atoms with Crippen LogP contribution in [-0.4, -0.2) is 6.10 Å². The monoisotopic (exact) mass is 173 g/mol. The first kappa shape index (κ1) is 8.12. The first-order valence-electron chi connectivity index (χ1n) is 4.45. The molecule has 1 aromatic carbocycles. The van der Waals surface area contributed by atoms with E-state index < -0.39 is 0 Å². The van der Waals surface area contributed by atoms with Gasteiger partial charge in [0.1, 0.15) is 11.9 Å². The van der Waals surface area contributed by atoms with E-state index in [1.807, 2.05) is 12.1 Å². The van der Waals surface area contributed by atoms with Gasteiger partial charge in [-0.3, -0.25) is 0 Å². The third-order valence-corrected chi connectivity index (χ3v) is 2.27. The molecule has 2 nitrogen and oxygen atoms in total. The molecule has 0 saturated carbocycles. The van der Waals surface area contributed by atoms with Crippen LogP contribution < -0.4 is 4.74 Å². The van der Waals surface area contributed by atoms with Crippen LogP contribution in [0.25, 0.3) is 0 Å². The van der Waals surface area contributed by atoms with Crippen LogP contribution in [0.4, 0.5) is 0 Å². The largest absolute Gasteiger partial charge is 0.490 e. The Morgan fingerprint density at radius 1 is 1.62 bits per heavy atom. The molecule has 2 rings (SSSR count). The van der Waals surface area contributed by atoms with Crippen LogP contribution >= 0.6 is 0 Å². The molecule has 1 aliphatic heterocycles. The molecule has 0 radical (unpaired) electrons. The second-order valence-electron chi connectivity index (χ2n) is 3.37. The van der Waals surface area contributed by atoms with Gasteiger partial charge in [-0.25, -0.2) is 0 Å². The van der Waals surface area contributed by atoms with Crippen molar-refractivity contribution in [1.29, 1.82) is 5.26 Å². The van der Waals surface area contributed by atoms with Crippen molar-refractivity contribution in [3.8, 4) is 11.8 Å². The highest BCUT2D eigenvalue weighted by Crippen LogP contribution is 2.32. The molecule has 1 aromatic rings. The van der Waals surface area contributed by atoms with Crippen LogP contribution in [0.3, 0.4) is 0 Å². The Labute approximate surface area is 77.8 Å². The Morgan fingerprint density at radius 3 is 3.23 bits per heavy atom. The highest BCUT2D eigenvalue weighted by Gasteiger charge is 2.20. The van der Waals surface area contributed by atoms with Crippen LogP contribution in [0.5, 0.6) is 5.75 Å². The van der Waals surface area contributed by atoms with Gasteiger partial charge in [0, 0.05) is 12.0 Å². The van der Waals surface area contributed by atoms with E-state index in [-0.39, 0.29) is 6.10 Å². The fraction of sp³-hybridized carbons (Fsp3) is 0.364. The predicted molar refractivity (Wildman–Crippen MR) is 49.6 cm³/mol. The smallest absolute Gasteiger partial charge is 0.127 e. The number of para-hydroxylation sites is 1. The van der Waals surface area contributed by atoms with Crippen LogP contribution in [-0.2, 0) is 12.8 Å². The molecule has 0 amide bonds. The fourth-order valence-corrected chi connectivity index (χ4v) is 1.73. The molecule has 1 unspecified atom stereocenters. The lowest BCUT2D eigenvalue weighted by molar-refractivity contribution is 0.253. The average molecular weight is 173 g/mol. The number of fused-ring (bicyclic) bond motifs is 1. The van der Waals surface area contributed by atoms with E-state index in [1.165, 1.54) is 5.56 Å². The standard InChI is InChI=1S/C11H11NO/c1-8-7-10-4-2-3-9(5-6-12)11(10)13-8/h2-4,8H,5,7H2,1H3. The van der Waals surface area contributed by atoms with Crippen molar-refractivity contribution in [1.82, 2.24) is 0 Å². The van der Waals surface area contributed by atoms with E-state index in [4.69, 9.17) is 10.00 Å². The molecule has 1 aliphatic rings. The summed E-state index contributed by atoms with van der Waals surface area (Å²) < 4.78 is 5.64. The Morgan fingerprint density at radius 2 is 2.46 bits per heavy atom. The zero-order valence-corrected chi connectivity index (χ0v) is 7.58. The van der Waals surface area contributed by atoms with Crippen molar-refractivity contribution in [3.63, 3.8) is 0 Å². The lowest BCUT2D eigenvalue weighted by atomic mass is 10.1. The minimum absolute atomic E-state index is 0.259. The van der Waals surface area contributed by atoms with Crippen molar-refractivity contribution < 1.29 is 4.74 Å². The molecule has 0 saturated heterocycles. The van der Waals surface area contributed by atoms with E-state index in [0.717, 1.165) is 17.7 Å². The van der Waals surface area contributed by atoms with Crippen LogP contribution in [0.2, 0.25) is 0 Å². The van der Waals surface area contributed by atoms with Gasteiger partial charge in [0.05, 0.1) is 12.5 Å². The molecule has 0 aliphatic carbocycles.